The third kappa shape index (κ3) is 7.83. The van der Waals surface area contributed by atoms with Gasteiger partial charge in [-0.2, -0.15) is 0 Å². The molecule has 0 spiro atoms. The highest BCUT2D eigenvalue weighted by molar-refractivity contribution is 5.96. The van der Waals surface area contributed by atoms with Crippen molar-refractivity contribution in [3.8, 4) is 5.75 Å². The molecular formula is C33H37N3O4. The molecule has 0 fully saturated rings. The highest BCUT2D eigenvalue weighted by atomic mass is 16.5. The van der Waals surface area contributed by atoms with Crippen molar-refractivity contribution in [2.45, 2.75) is 26.6 Å². The number of carbonyl (C=O) groups excluding carboxylic acids is 2. The van der Waals surface area contributed by atoms with Crippen molar-refractivity contribution >= 4 is 11.8 Å². The topological polar surface area (TPSA) is 64.0 Å². The zero-order chi connectivity index (χ0) is 28.3. The Hall–Kier alpha value is -4.36. The quantitative estimate of drug-likeness (QED) is 0.235. The van der Waals surface area contributed by atoms with E-state index in [1.54, 1.807) is 31.3 Å². The fourth-order valence-corrected chi connectivity index (χ4v) is 4.54. The summed E-state index contributed by atoms with van der Waals surface area (Å²) in [6, 6.07) is 29.3. The normalized spacial score (nSPS) is 10.8. The van der Waals surface area contributed by atoms with Crippen LogP contribution >= 0.6 is 0 Å². The van der Waals surface area contributed by atoms with Gasteiger partial charge in [0.25, 0.3) is 5.91 Å². The first-order chi connectivity index (χ1) is 19.5. The summed E-state index contributed by atoms with van der Waals surface area (Å²) in [7, 11) is 3.25. The second-order valence-corrected chi connectivity index (χ2v) is 9.80. The summed E-state index contributed by atoms with van der Waals surface area (Å²) < 4.78 is 12.8. The van der Waals surface area contributed by atoms with Crippen molar-refractivity contribution in [3.05, 3.63) is 125 Å². The molecular weight excluding hydrogens is 502 g/mol. The van der Waals surface area contributed by atoms with E-state index in [0.717, 1.165) is 28.1 Å². The van der Waals surface area contributed by atoms with Gasteiger partial charge >= 0.3 is 0 Å². The average molecular weight is 540 g/mol. The van der Waals surface area contributed by atoms with E-state index < -0.39 is 0 Å². The predicted octanol–water partition coefficient (Wildman–Crippen LogP) is 5.17. The van der Waals surface area contributed by atoms with E-state index in [1.807, 2.05) is 90.8 Å². The standard InChI is InChI=1S/C33H37N3O4/c1-26-14-16-29(17-15-26)33(38)35(19-20-39-2)25-32(37)36(22-27-9-5-4-6-10-27)24-30-12-8-18-34(30)23-28-11-7-13-31(21-28)40-3/h4-18,21H,19-20,22-25H2,1-3H3. The first-order valence-electron chi connectivity index (χ1n) is 13.4. The number of aryl methyl sites for hydroxylation is 1. The third-order valence-corrected chi connectivity index (χ3v) is 6.81. The summed E-state index contributed by atoms with van der Waals surface area (Å²) in [6.45, 7) is 4.08. The fraction of sp³-hybridized carbons (Fsp3) is 0.273. The van der Waals surface area contributed by atoms with Crippen LogP contribution in [-0.2, 0) is 29.2 Å². The molecule has 0 saturated heterocycles. The van der Waals surface area contributed by atoms with Crippen molar-refractivity contribution in [2.75, 3.05) is 33.9 Å². The van der Waals surface area contributed by atoms with Crippen molar-refractivity contribution in [2.24, 2.45) is 0 Å². The molecule has 40 heavy (non-hydrogen) atoms. The molecule has 208 valence electrons. The van der Waals surface area contributed by atoms with E-state index in [0.29, 0.717) is 38.3 Å². The zero-order valence-corrected chi connectivity index (χ0v) is 23.5. The number of methoxy groups -OCH3 is 2. The lowest BCUT2D eigenvalue weighted by Crippen LogP contribution is -2.44. The molecule has 7 heteroatoms. The fourth-order valence-electron chi connectivity index (χ4n) is 4.54. The number of nitrogens with zero attached hydrogens (tertiary/aromatic N) is 3. The Morgan fingerprint density at radius 3 is 2.27 bits per heavy atom. The van der Waals surface area contributed by atoms with Crippen LogP contribution in [0.4, 0.5) is 0 Å². The molecule has 0 aliphatic rings. The van der Waals surface area contributed by atoms with E-state index in [9.17, 15) is 9.59 Å². The maximum atomic E-state index is 13.9. The van der Waals surface area contributed by atoms with Crippen molar-refractivity contribution in [1.82, 2.24) is 14.4 Å². The molecule has 2 amide bonds. The lowest BCUT2D eigenvalue weighted by atomic mass is 10.1. The summed E-state index contributed by atoms with van der Waals surface area (Å²) in [5, 5.41) is 0. The molecule has 0 unspecified atom stereocenters. The Kier molecular flexibility index (Phi) is 10.1. The van der Waals surface area contributed by atoms with Gasteiger partial charge in [-0.15, -0.1) is 0 Å². The molecule has 4 rings (SSSR count). The Morgan fingerprint density at radius 1 is 0.800 bits per heavy atom. The maximum absolute atomic E-state index is 13.9. The van der Waals surface area contributed by atoms with Gasteiger partial charge in [-0.3, -0.25) is 9.59 Å². The molecule has 0 saturated carbocycles. The molecule has 0 atom stereocenters. The summed E-state index contributed by atoms with van der Waals surface area (Å²) in [5.41, 5.74) is 4.75. The molecule has 3 aromatic carbocycles. The van der Waals surface area contributed by atoms with Gasteiger partial charge in [-0.05, 0) is 54.4 Å². The molecule has 0 aliphatic carbocycles. The van der Waals surface area contributed by atoms with Crippen molar-refractivity contribution < 1.29 is 19.1 Å². The lowest BCUT2D eigenvalue weighted by molar-refractivity contribution is -0.133. The number of aromatic nitrogens is 1. The largest absolute Gasteiger partial charge is 0.497 e. The van der Waals surface area contributed by atoms with Crippen LogP contribution in [0.3, 0.4) is 0 Å². The lowest BCUT2D eigenvalue weighted by Gasteiger charge is -2.28. The zero-order valence-electron chi connectivity index (χ0n) is 23.5. The number of amides is 2. The maximum Gasteiger partial charge on any atom is 0.254 e. The van der Waals surface area contributed by atoms with E-state index >= 15 is 0 Å². The Balaban J connectivity index is 1.56. The average Bonchev–Trinajstić information content (AvgIpc) is 3.41. The van der Waals surface area contributed by atoms with Crippen LogP contribution in [0.1, 0.15) is 32.7 Å². The second-order valence-electron chi connectivity index (χ2n) is 9.80. The number of hydrogen-bond donors (Lipinski definition) is 0. The summed E-state index contributed by atoms with van der Waals surface area (Å²) in [6.07, 6.45) is 2.02. The molecule has 7 nitrogen and oxygen atoms in total. The van der Waals surface area contributed by atoms with E-state index in [-0.39, 0.29) is 18.4 Å². The van der Waals surface area contributed by atoms with Crippen molar-refractivity contribution in [3.63, 3.8) is 0 Å². The predicted molar refractivity (Wildman–Crippen MR) is 156 cm³/mol. The smallest absolute Gasteiger partial charge is 0.254 e. The molecule has 0 radical (unpaired) electrons. The van der Waals surface area contributed by atoms with Crippen LogP contribution in [0.5, 0.6) is 5.75 Å². The van der Waals surface area contributed by atoms with E-state index in [1.165, 1.54) is 0 Å². The Labute approximate surface area is 236 Å². The van der Waals surface area contributed by atoms with Gasteiger partial charge in [-0.25, -0.2) is 0 Å². The molecule has 1 heterocycles. The van der Waals surface area contributed by atoms with Gasteiger partial charge < -0.3 is 23.8 Å². The Morgan fingerprint density at radius 2 is 1.55 bits per heavy atom. The minimum absolute atomic E-state index is 0.0422. The number of ether oxygens (including phenoxy) is 2. The second kappa shape index (κ2) is 14.1. The third-order valence-electron chi connectivity index (χ3n) is 6.81. The van der Waals surface area contributed by atoms with Crippen LogP contribution in [0.2, 0.25) is 0 Å². The van der Waals surface area contributed by atoms with Gasteiger partial charge in [0.05, 0.1) is 20.3 Å². The SMILES string of the molecule is COCCN(CC(=O)N(Cc1ccccc1)Cc1cccn1Cc1cccc(OC)c1)C(=O)c1ccc(C)cc1. The number of rotatable bonds is 13. The first kappa shape index (κ1) is 28.6. The van der Waals surface area contributed by atoms with Crippen LogP contribution in [0, 0.1) is 6.92 Å². The molecule has 0 bridgehead atoms. The van der Waals surface area contributed by atoms with Crippen LogP contribution in [-0.4, -0.2) is 60.1 Å². The minimum Gasteiger partial charge on any atom is -0.497 e. The van der Waals surface area contributed by atoms with Gasteiger partial charge in [0.15, 0.2) is 0 Å². The Bertz CT molecular complexity index is 1380. The van der Waals surface area contributed by atoms with Crippen LogP contribution in [0.15, 0.2) is 97.2 Å². The number of hydrogen-bond acceptors (Lipinski definition) is 4. The molecule has 0 N–H and O–H groups in total. The number of carbonyl (C=O) groups is 2. The van der Waals surface area contributed by atoms with Gasteiger partial charge in [-0.1, -0.05) is 60.2 Å². The van der Waals surface area contributed by atoms with Gasteiger partial charge in [0.1, 0.15) is 12.3 Å². The van der Waals surface area contributed by atoms with Crippen molar-refractivity contribution in [1.29, 1.82) is 0 Å². The molecule has 4 aromatic rings. The van der Waals surface area contributed by atoms with E-state index in [4.69, 9.17) is 9.47 Å². The first-order valence-corrected chi connectivity index (χ1v) is 13.4. The molecule has 0 aliphatic heterocycles. The summed E-state index contributed by atoms with van der Waals surface area (Å²) in [4.78, 5) is 30.6. The van der Waals surface area contributed by atoms with Gasteiger partial charge in [0, 0.05) is 44.2 Å². The highest BCUT2D eigenvalue weighted by Crippen LogP contribution is 2.18. The monoisotopic (exact) mass is 539 g/mol. The van der Waals surface area contributed by atoms with Crippen LogP contribution < -0.4 is 4.74 Å². The molecule has 1 aromatic heterocycles. The van der Waals surface area contributed by atoms with Crippen LogP contribution in [0.25, 0.3) is 0 Å². The summed E-state index contributed by atoms with van der Waals surface area (Å²) in [5.74, 6) is 0.488. The van der Waals surface area contributed by atoms with E-state index in [2.05, 4.69) is 10.6 Å². The highest BCUT2D eigenvalue weighted by Gasteiger charge is 2.23. The number of benzene rings is 3. The van der Waals surface area contributed by atoms with Gasteiger partial charge in [0.2, 0.25) is 5.91 Å². The minimum atomic E-state index is -0.188. The summed E-state index contributed by atoms with van der Waals surface area (Å²) >= 11 is 0.